The molecule has 1 atom stereocenters. The SMILES string of the molecule is CN=C(NCC1(N2CCCCC2)CCN(C)CC1)NC1CCCN(c2ccc(C)cc2)C1. The van der Waals surface area contributed by atoms with E-state index in [1.807, 2.05) is 7.05 Å². The second-order valence-electron chi connectivity index (χ2n) is 10.3. The van der Waals surface area contributed by atoms with Crippen LogP contribution in [-0.2, 0) is 0 Å². The third-order valence-electron chi connectivity index (χ3n) is 7.91. The first kappa shape index (κ1) is 23.4. The maximum atomic E-state index is 4.61. The molecule has 0 spiro atoms. The molecule has 3 fully saturated rings. The average molecular weight is 441 g/mol. The van der Waals surface area contributed by atoms with E-state index in [-0.39, 0.29) is 5.54 Å². The molecular formula is C26H44N6. The first-order valence-corrected chi connectivity index (χ1v) is 12.8. The van der Waals surface area contributed by atoms with Gasteiger partial charge >= 0.3 is 0 Å². The van der Waals surface area contributed by atoms with Gasteiger partial charge in [-0.05, 0) is 90.8 Å². The van der Waals surface area contributed by atoms with Crippen LogP contribution < -0.4 is 15.5 Å². The van der Waals surface area contributed by atoms with Crippen molar-refractivity contribution in [3.8, 4) is 0 Å². The molecule has 1 aromatic rings. The number of hydrogen-bond donors (Lipinski definition) is 2. The van der Waals surface area contributed by atoms with E-state index in [1.54, 1.807) is 0 Å². The van der Waals surface area contributed by atoms with Gasteiger partial charge in [0.25, 0.3) is 0 Å². The van der Waals surface area contributed by atoms with Gasteiger partial charge in [-0.2, -0.15) is 0 Å². The monoisotopic (exact) mass is 440 g/mol. The number of piperidine rings is 3. The summed E-state index contributed by atoms with van der Waals surface area (Å²) in [4.78, 5) is 12.4. The van der Waals surface area contributed by atoms with E-state index >= 15 is 0 Å². The molecule has 178 valence electrons. The number of benzene rings is 1. The van der Waals surface area contributed by atoms with Crippen LogP contribution in [0.3, 0.4) is 0 Å². The summed E-state index contributed by atoms with van der Waals surface area (Å²) < 4.78 is 0. The number of nitrogens with zero attached hydrogens (tertiary/aromatic N) is 4. The van der Waals surface area contributed by atoms with Gasteiger partial charge in [0.1, 0.15) is 0 Å². The highest BCUT2D eigenvalue weighted by molar-refractivity contribution is 5.80. The normalized spacial score (nSPS) is 25.5. The fourth-order valence-electron chi connectivity index (χ4n) is 5.73. The van der Waals surface area contributed by atoms with Crippen LogP contribution in [0.5, 0.6) is 0 Å². The zero-order valence-electron chi connectivity index (χ0n) is 20.6. The number of likely N-dealkylation sites (tertiary alicyclic amines) is 2. The number of guanidine groups is 1. The second-order valence-corrected chi connectivity index (χ2v) is 10.3. The molecule has 1 unspecified atom stereocenters. The summed E-state index contributed by atoms with van der Waals surface area (Å²) in [5.41, 5.74) is 2.92. The average Bonchev–Trinajstić information content (AvgIpc) is 2.84. The van der Waals surface area contributed by atoms with Crippen molar-refractivity contribution >= 4 is 11.6 Å². The van der Waals surface area contributed by atoms with Gasteiger partial charge in [0.2, 0.25) is 0 Å². The molecule has 0 radical (unpaired) electrons. The molecule has 2 N–H and O–H groups in total. The van der Waals surface area contributed by atoms with E-state index in [1.165, 1.54) is 82.4 Å². The smallest absolute Gasteiger partial charge is 0.191 e. The van der Waals surface area contributed by atoms with Crippen LogP contribution in [0.1, 0.15) is 50.5 Å². The Morgan fingerprint density at radius 1 is 1.00 bits per heavy atom. The van der Waals surface area contributed by atoms with E-state index in [0.717, 1.165) is 25.6 Å². The van der Waals surface area contributed by atoms with Crippen LogP contribution in [0.4, 0.5) is 5.69 Å². The van der Waals surface area contributed by atoms with Gasteiger partial charge in [0.15, 0.2) is 5.96 Å². The van der Waals surface area contributed by atoms with Gasteiger partial charge in [-0.3, -0.25) is 9.89 Å². The molecule has 6 nitrogen and oxygen atoms in total. The molecule has 0 saturated carbocycles. The maximum absolute atomic E-state index is 4.61. The summed E-state index contributed by atoms with van der Waals surface area (Å²) in [6.07, 6.45) is 9.00. The van der Waals surface area contributed by atoms with Gasteiger partial charge in [0.05, 0.1) is 0 Å². The van der Waals surface area contributed by atoms with Crippen molar-refractivity contribution in [2.75, 3.05) is 64.8 Å². The maximum Gasteiger partial charge on any atom is 0.191 e. The van der Waals surface area contributed by atoms with Crippen LogP contribution in [0.25, 0.3) is 0 Å². The fourth-order valence-corrected chi connectivity index (χ4v) is 5.73. The molecule has 6 heteroatoms. The van der Waals surface area contributed by atoms with Crippen molar-refractivity contribution in [1.82, 2.24) is 20.4 Å². The van der Waals surface area contributed by atoms with Gasteiger partial charge in [0, 0.05) is 44.0 Å². The number of hydrogen-bond acceptors (Lipinski definition) is 4. The molecule has 3 aliphatic rings. The van der Waals surface area contributed by atoms with Crippen molar-refractivity contribution in [1.29, 1.82) is 0 Å². The van der Waals surface area contributed by atoms with E-state index in [4.69, 9.17) is 0 Å². The zero-order valence-corrected chi connectivity index (χ0v) is 20.6. The summed E-state index contributed by atoms with van der Waals surface area (Å²) in [5.74, 6) is 0.969. The summed E-state index contributed by atoms with van der Waals surface area (Å²) in [6, 6.07) is 9.38. The third-order valence-corrected chi connectivity index (χ3v) is 7.91. The standard InChI is InChI=1S/C26H44N6/c1-22-9-11-24(12-10-22)31-15-7-8-23(20-31)29-25(27-2)28-21-26(13-18-30(3)19-14-26)32-16-5-4-6-17-32/h9-12,23H,4-8,13-21H2,1-3H3,(H2,27,28,29). The number of rotatable bonds is 5. The summed E-state index contributed by atoms with van der Waals surface area (Å²) in [6.45, 7) is 10.2. The van der Waals surface area contributed by atoms with Gasteiger partial charge in [-0.15, -0.1) is 0 Å². The fraction of sp³-hybridized carbons (Fsp3) is 0.731. The predicted molar refractivity (Wildman–Crippen MR) is 136 cm³/mol. The number of aryl methyl sites for hydroxylation is 1. The van der Waals surface area contributed by atoms with E-state index < -0.39 is 0 Å². The Balaban J connectivity index is 1.35. The lowest BCUT2D eigenvalue weighted by Crippen LogP contribution is -2.62. The zero-order chi connectivity index (χ0) is 22.4. The van der Waals surface area contributed by atoms with Gasteiger partial charge < -0.3 is 20.4 Å². The Hall–Kier alpha value is -1.79. The van der Waals surface area contributed by atoms with Crippen LogP contribution in [-0.4, -0.2) is 87.2 Å². The van der Waals surface area contributed by atoms with Crippen molar-refractivity contribution in [2.45, 2.75) is 63.5 Å². The Labute approximate surface area is 195 Å². The van der Waals surface area contributed by atoms with Gasteiger partial charge in [-0.25, -0.2) is 0 Å². The quantitative estimate of drug-likeness (QED) is 0.544. The third kappa shape index (κ3) is 5.76. The lowest BCUT2D eigenvalue weighted by atomic mass is 9.84. The largest absolute Gasteiger partial charge is 0.369 e. The minimum atomic E-state index is 0.269. The van der Waals surface area contributed by atoms with E-state index in [9.17, 15) is 0 Å². The first-order chi connectivity index (χ1) is 15.6. The number of aliphatic imine (C=N–C) groups is 1. The van der Waals surface area contributed by atoms with Crippen LogP contribution in [0.2, 0.25) is 0 Å². The first-order valence-electron chi connectivity index (χ1n) is 12.8. The Morgan fingerprint density at radius 2 is 1.72 bits per heavy atom. The van der Waals surface area contributed by atoms with Gasteiger partial charge in [-0.1, -0.05) is 24.1 Å². The number of nitrogens with one attached hydrogen (secondary N) is 2. The topological polar surface area (TPSA) is 46.1 Å². The van der Waals surface area contributed by atoms with Crippen LogP contribution >= 0.6 is 0 Å². The second kappa shape index (κ2) is 10.9. The molecule has 32 heavy (non-hydrogen) atoms. The molecular weight excluding hydrogens is 396 g/mol. The molecule has 4 rings (SSSR count). The highest BCUT2D eigenvalue weighted by atomic mass is 15.3. The Bertz CT molecular complexity index is 731. The molecule has 0 aliphatic carbocycles. The Morgan fingerprint density at radius 3 is 2.41 bits per heavy atom. The van der Waals surface area contributed by atoms with Crippen molar-refractivity contribution in [3.63, 3.8) is 0 Å². The number of anilines is 1. The molecule has 0 amide bonds. The minimum Gasteiger partial charge on any atom is -0.369 e. The van der Waals surface area contributed by atoms with Crippen molar-refractivity contribution in [2.24, 2.45) is 4.99 Å². The molecule has 3 aliphatic heterocycles. The lowest BCUT2D eigenvalue weighted by molar-refractivity contribution is 0.0173. The lowest BCUT2D eigenvalue weighted by Gasteiger charge is -2.50. The highest BCUT2D eigenvalue weighted by Crippen LogP contribution is 2.31. The molecule has 1 aromatic carbocycles. The molecule has 3 heterocycles. The molecule has 0 aromatic heterocycles. The summed E-state index contributed by atoms with van der Waals surface area (Å²) >= 11 is 0. The minimum absolute atomic E-state index is 0.269. The van der Waals surface area contributed by atoms with Crippen LogP contribution in [0.15, 0.2) is 29.3 Å². The van der Waals surface area contributed by atoms with E-state index in [0.29, 0.717) is 6.04 Å². The molecule has 0 bridgehead atoms. The predicted octanol–water partition coefficient (Wildman–Crippen LogP) is 3.08. The summed E-state index contributed by atoms with van der Waals surface area (Å²) in [7, 11) is 4.18. The highest BCUT2D eigenvalue weighted by Gasteiger charge is 2.39. The van der Waals surface area contributed by atoms with Crippen molar-refractivity contribution in [3.05, 3.63) is 29.8 Å². The summed E-state index contributed by atoms with van der Waals surface area (Å²) in [5, 5.41) is 7.52. The van der Waals surface area contributed by atoms with E-state index in [2.05, 4.69) is 68.6 Å². The van der Waals surface area contributed by atoms with Crippen LogP contribution in [0, 0.1) is 6.92 Å². The Kier molecular flexibility index (Phi) is 7.95. The molecule has 3 saturated heterocycles. The van der Waals surface area contributed by atoms with Crippen molar-refractivity contribution < 1.29 is 0 Å².